The average Bonchev–Trinajstić information content (AvgIpc) is 2.43. The molecule has 2 N–H and O–H groups in total. The molecule has 140 valence electrons. The molecule has 0 rings (SSSR count). The fraction of sp³-hybridized carbons (Fsp3) is 1.00. The quantitative estimate of drug-likeness (QED) is 0.188. The number of hydrogen-bond donors (Lipinski definition) is 2. The maximum absolute atomic E-state index is 8.83. The molecule has 0 heterocycles. The Morgan fingerprint density at radius 3 is 1.17 bits per heavy atom. The number of hydrogen-bond acceptors (Lipinski definition) is 8. The molecular formula is C12H32O8SiU2. The fourth-order valence-corrected chi connectivity index (χ4v) is 2.94. The summed E-state index contributed by atoms with van der Waals surface area (Å²) < 4.78 is 31.5. The van der Waals surface area contributed by atoms with Crippen LogP contribution in [-0.2, 0) is 27.2 Å². The standard InChI is InChI=1S/C10H24O8Si.2CH4.2U/c1-13-7-9-17-19(15-5-3-11,16-6-4-12)18-10-8-14-2;;;;/h11-12H,3-10H2,1-2H3;2*1H4;;. The van der Waals surface area contributed by atoms with E-state index in [1.54, 1.807) is 14.2 Å². The first kappa shape index (κ1) is 36.0. The van der Waals surface area contributed by atoms with Gasteiger partial charge in [-0.25, -0.2) is 0 Å². The molecule has 0 amide bonds. The normalized spacial score (nSPS) is 9.91. The van der Waals surface area contributed by atoms with Crippen molar-refractivity contribution in [3.05, 3.63) is 0 Å². The van der Waals surface area contributed by atoms with E-state index in [2.05, 4.69) is 0 Å². The third kappa shape index (κ3) is 20.2. The number of aliphatic hydroxyl groups excluding tert-OH is 2. The molecule has 0 aliphatic rings. The van der Waals surface area contributed by atoms with Gasteiger partial charge in [0.1, 0.15) is 0 Å². The molecule has 0 saturated carbocycles. The van der Waals surface area contributed by atoms with Crippen LogP contribution in [0.3, 0.4) is 0 Å². The maximum Gasteiger partial charge on any atom is 0.680 e. The minimum Gasteiger partial charge on any atom is -0.394 e. The van der Waals surface area contributed by atoms with Gasteiger partial charge in [0, 0.05) is 76.4 Å². The zero-order valence-corrected chi connectivity index (χ0v) is 21.8. The van der Waals surface area contributed by atoms with Gasteiger partial charge in [-0.15, -0.1) is 0 Å². The van der Waals surface area contributed by atoms with Crippen molar-refractivity contribution < 1.29 is 99.6 Å². The van der Waals surface area contributed by atoms with Crippen LogP contribution in [0.4, 0.5) is 0 Å². The van der Waals surface area contributed by atoms with E-state index in [4.69, 9.17) is 37.4 Å². The van der Waals surface area contributed by atoms with E-state index in [-0.39, 0.29) is 117 Å². The SMILES string of the molecule is C.C.COCCO[Si](OCCO)(OCCO)OCCOC.[U].[U]. The predicted octanol–water partition coefficient (Wildman–Crippen LogP) is 0.0380. The van der Waals surface area contributed by atoms with Crippen LogP contribution in [0.1, 0.15) is 14.9 Å². The van der Waals surface area contributed by atoms with Crippen molar-refractivity contribution in [3.63, 3.8) is 0 Å². The van der Waals surface area contributed by atoms with Crippen LogP contribution in [0.5, 0.6) is 0 Å². The van der Waals surface area contributed by atoms with Crippen molar-refractivity contribution in [2.45, 2.75) is 14.9 Å². The second-order valence-corrected chi connectivity index (χ2v) is 5.48. The number of rotatable bonds is 14. The Morgan fingerprint density at radius 1 is 0.609 bits per heavy atom. The van der Waals surface area contributed by atoms with Crippen LogP contribution >= 0.6 is 0 Å². The van der Waals surface area contributed by atoms with Crippen LogP contribution in [0.15, 0.2) is 0 Å². The molecule has 0 saturated heterocycles. The van der Waals surface area contributed by atoms with Crippen LogP contribution in [0.2, 0.25) is 0 Å². The third-order valence-electron chi connectivity index (χ3n) is 1.87. The summed E-state index contributed by atoms with van der Waals surface area (Å²) >= 11 is 0. The van der Waals surface area contributed by atoms with E-state index in [0.717, 1.165) is 0 Å². The zero-order chi connectivity index (χ0) is 14.4. The summed E-state index contributed by atoms with van der Waals surface area (Å²) in [7, 11) is -0.306. The summed E-state index contributed by atoms with van der Waals surface area (Å²) in [5, 5.41) is 17.7. The Balaban J connectivity index is -0.000000270. The van der Waals surface area contributed by atoms with E-state index >= 15 is 0 Å². The van der Waals surface area contributed by atoms with E-state index in [0.29, 0.717) is 13.2 Å². The molecule has 23 heavy (non-hydrogen) atoms. The van der Waals surface area contributed by atoms with Crippen molar-refractivity contribution >= 4 is 9.05 Å². The van der Waals surface area contributed by atoms with Gasteiger partial charge in [0.25, 0.3) is 0 Å². The summed E-state index contributed by atoms with van der Waals surface area (Å²) in [4.78, 5) is 0. The first-order chi connectivity index (χ1) is 9.24. The molecule has 0 atom stereocenters. The van der Waals surface area contributed by atoms with Crippen molar-refractivity contribution in [3.8, 4) is 0 Å². The molecule has 0 radical (unpaired) electrons. The van der Waals surface area contributed by atoms with Gasteiger partial charge in [0.05, 0.1) is 52.9 Å². The number of aliphatic hydroxyl groups is 2. The number of ether oxygens (including phenoxy) is 2. The topological polar surface area (TPSA) is 95.8 Å². The molecule has 8 nitrogen and oxygen atoms in total. The summed E-state index contributed by atoms with van der Waals surface area (Å²) in [6.07, 6.45) is 0. The van der Waals surface area contributed by atoms with E-state index in [9.17, 15) is 0 Å². The molecule has 0 aliphatic carbocycles. The monoisotopic (exact) mass is 808 g/mol. The Labute approximate surface area is 189 Å². The van der Waals surface area contributed by atoms with Crippen molar-refractivity contribution in [2.75, 3.05) is 67.1 Å². The zero-order valence-electron chi connectivity index (χ0n) is 12.5. The average molecular weight is 809 g/mol. The van der Waals surface area contributed by atoms with Gasteiger partial charge in [-0.3, -0.25) is 0 Å². The fourth-order valence-electron chi connectivity index (χ4n) is 1.09. The third-order valence-corrected chi connectivity index (χ3v) is 4.10. The van der Waals surface area contributed by atoms with Gasteiger partial charge in [-0.2, -0.15) is 0 Å². The summed E-state index contributed by atoms with van der Waals surface area (Å²) in [6, 6.07) is 0. The Bertz CT molecular complexity index is 186. The molecule has 0 spiro atoms. The van der Waals surface area contributed by atoms with E-state index in [1.807, 2.05) is 0 Å². The van der Waals surface area contributed by atoms with Gasteiger partial charge < -0.3 is 37.4 Å². The second kappa shape index (κ2) is 26.2. The van der Waals surface area contributed by atoms with Crippen LogP contribution in [0, 0.1) is 62.2 Å². The van der Waals surface area contributed by atoms with Gasteiger partial charge >= 0.3 is 9.05 Å². The first-order valence-corrected chi connectivity index (χ1v) is 7.63. The van der Waals surface area contributed by atoms with Gasteiger partial charge in [0.15, 0.2) is 0 Å². The van der Waals surface area contributed by atoms with Crippen molar-refractivity contribution in [2.24, 2.45) is 0 Å². The van der Waals surface area contributed by atoms with Crippen molar-refractivity contribution in [1.29, 1.82) is 0 Å². The largest absolute Gasteiger partial charge is 0.680 e. The van der Waals surface area contributed by atoms with E-state index < -0.39 is 9.05 Å². The Kier molecular flexibility index (Phi) is 41.1. The molecule has 0 fully saturated rings. The minimum absolute atomic E-state index is 0. The summed E-state index contributed by atoms with van der Waals surface area (Å²) in [5.41, 5.74) is 0. The Morgan fingerprint density at radius 2 is 0.913 bits per heavy atom. The van der Waals surface area contributed by atoms with Crippen LogP contribution < -0.4 is 0 Å². The van der Waals surface area contributed by atoms with Crippen LogP contribution in [-0.4, -0.2) is 86.3 Å². The van der Waals surface area contributed by atoms with Gasteiger partial charge in [-0.1, -0.05) is 14.9 Å². The predicted molar refractivity (Wildman–Crippen MR) is 80.9 cm³/mol. The molecule has 0 aromatic heterocycles. The first-order valence-electron chi connectivity index (χ1n) is 6.00. The molecule has 0 unspecified atom stereocenters. The molecular weight excluding hydrogens is 776 g/mol. The maximum atomic E-state index is 8.83. The summed E-state index contributed by atoms with van der Waals surface area (Å²) in [6.45, 7) is 0.853. The molecule has 0 aromatic carbocycles. The second-order valence-electron chi connectivity index (χ2n) is 3.33. The van der Waals surface area contributed by atoms with Crippen molar-refractivity contribution in [1.82, 2.24) is 0 Å². The smallest absolute Gasteiger partial charge is 0.394 e. The van der Waals surface area contributed by atoms with Crippen LogP contribution in [0.25, 0.3) is 0 Å². The number of methoxy groups -OCH3 is 2. The molecule has 0 aromatic rings. The van der Waals surface area contributed by atoms with E-state index in [1.165, 1.54) is 0 Å². The Hall–Kier alpha value is 2.00. The minimum atomic E-state index is -3.39. The molecule has 0 aliphatic heterocycles. The van der Waals surface area contributed by atoms with Gasteiger partial charge in [0.2, 0.25) is 0 Å². The molecule has 11 heteroatoms. The molecule has 0 bridgehead atoms. The summed E-state index contributed by atoms with van der Waals surface area (Å²) in [5.74, 6) is 0. The van der Waals surface area contributed by atoms with Gasteiger partial charge in [-0.05, 0) is 0 Å².